The summed E-state index contributed by atoms with van der Waals surface area (Å²) in [5, 5.41) is 0. The summed E-state index contributed by atoms with van der Waals surface area (Å²) < 4.78 is 0. The van der Waals surface area contributed by atoms with Crippen LogP contribution in [-0.2, 0) is 0 Å². The maximum Gasteiger partial charge on any atom is -0.00473 e. The molecule has 0 radical (unpaired) electrons. The lowest BCUT2D eigenvalue weighted by molar-refractivity contribution is 0.140. The largest absolute Gasteiger partial charge is 0.0877 e. The van der Waals surface area contributed by atoms with Crippen LogP contribution in [0, 0.1) is 23.2 Å². The molecule has 3 aliphatic carbocycles. The van der Waals surface area contributed by atoms with Crippen molar-refractivity contribution < 1.29 is 0 Å². The van der Waals surface area contributed by atoms with Crippen molar-refractivity contribution in [2.45, 2.75) is 45.4 Å². The molecule has 0 heterocycles. The Bertz CT molecular complexity index is 299. The molecule has 82 valence electrons. The molecule has 0 bridgehead atoms. The van der Waals surface area contributed by atoms with E-state index in [1.807, 2.05) is 0 Å². The van der Waals surface area contributed by atoms with E-state index in [4.69, 9.17) is 0 Å². The number of hydrogen-bond acceptors (Lipinski definition) is 0. The van der Waals surface area contributed by atoms with Crippen molar-refractivity contribution in [1.29, 1.82) is 0 Å². The first kappa shape index (κ1) is 9.69. The molecule has 1 fully saturated rings. The van der Waals surface area contributed by atoms with Gasteiger partial charge in [-0.1, -0.05) is 37.6 Å². The van der Waals surface area contributed by atoms with Gasteiger partial charge >= 0.3 is 0 Å². The molecular formula is C15H22. The van der Waals surface area contributed by atoms with Gasteiger partial charge in [-0.25, -0.2) is 0 Å². The summed E-state index contributed by atoms with van der Waals surface area (Å²) in [5.74, 6) is 2.79. The first-order valence-corrected chi connectivity index (χ1v) is 6.64. The molecule has 0 aromatic heterocycles. The van der Waals surface area contributed by atoms with E-state index >= 15 is 0 Å². The summed E-state index contributed by atoms with van der Waals surface area (Å²) in [6.45, 7) is 2.42. The average molecular weight is 202 g/mol. The standard InChI is InChI=1S/C15H22/c1-12-5-3-9-15(11-12)10-4-7-13-6-2-8-14(13)15/h3-4,7,9,12-14H,2,5-6,8,10-11H2,1H3. The average Bonchev–Trinajstić information content (AvgIpc) is 2.67. The lowest BCUT2D eigenvalue weighted by Gasteiger charge is -2.45. The van der Waals surface area contributed by atoms with Gasteiger partial charge in [0.15, 0.2) is 0 Å². The van der Waals surface area contributed by atoms with Crippen LogP contribution in [0.3, 0.4) is 0 Å². The van der Waals surface area contributed by atoms with Crippen molar-refractivity contribution >= 4 is 0 Å². The van der Waals surface area contributed by atoms with Gasteiger partial charge < -0.3 is 0 Å². The maximum atomic E-state index is 2.58. The van der Waals surface area contributed by atoms with Crippen molar-refractivity contribution in [3.8, 4) is 0 Å². The second kappa shape index (κ2) is 3.50. The van der Waals surface area contributed by atoms with Crippen LogP contribution in [-0.4, -0.2) is 0 Å². The fraction of sp³-hybridized carbons (Fsp3) is 0.733. The van der Waals surface area contributed by atoms with Gasteiger partial charge in [0.05, 0.1) is 0 Å². The maximum absolute atomic E-state index is 2.58. The van der Waals surface area contributed by atoms with Crippen molar-refractivity contribution in [1.82, 2.24) is 0 Å². The topological polar surface area (TPSA) is 0 Å². The molecular weight excluding hydrogens is 180 g/mol. The number of fused-ring (bicyclic) bond motifs is 2. The van der Waals surface area contributed by atoms with E-state index in [-0.39, 0.29) is 0 Å². The predicted molar refractivity (Wildman–Crippen MR) is 64.6 cm³/mol. The zero-order valence-corrected chi connectivity index (χ0v) is 9.78. The minimum atomic E-state index is 0.563. The highest BCUT2D eigenvalue weighted by Crippen LogP contribution is 2.54. The van der Waals surface area contributed by atoms with Gasteiger partial charge in [-0.3, -0.25) is 0 Å². The van der Waals surface area contributed by atoms with Gasteiger partial charge in [-0.15, -0.1) is 0 Å². The van der Waals surface area contributed by atoms with E-state index in [0.717, 1.165) is 17.8 Å². The van der Waals surface area contributed by atoms with Crippen molar-refractivity contribution in [3.63, 3.8) is 0 Å². The number of allylic oxidation sites excluding steroid dienone is 4. The minimum Gasteiger partial charge on any atom is -0.0877 e. The monoisotopic (exact) mass is 202 g/mol. The molecule has 0 aliphatic heterocycles. The molecule has 1 saturated carbocycles. The van der Waals surface area contributed by atoms with Crippen molar-refractivity contribution in [3.05, 3.63) is 24.3 Å². The van der Waals surface area contributed by atoms with Crippen LogP contribution in [0.2, 0.25) is 0 Å². The molecule has 1 spiro atoms. The van der Waals surface area contributed by atoms with Gasteiger partial charge in [-0.2, -0.15) is 0 Å². The van der Waals surface area contributed by atoms with E-state index in [1.54, 1.807) is 0 Å². The summed E-state index contributed by atoms with van der Waals surface area (Å²) >= 11 is 0. The molecule has 4 atom stereocenters. The number of hydrogen-bond donors (Lipinski definition) is 0. The third-order valence-electron chi connectivity index (χ3n) is 4.91. The highest BCUT2D eigenvalue weighted by molar-refractivity contribution is 5.18. The zero-order valence-electron chi connectivity index (χ0n) is 9.78. The van der Waals surface area contributed by atoms with E-state index in [1.165, 1.54) is 38.5 Å². The highest BCUT2D eigenvalue weighted by atomic mass is 14.5. The lowest BCUT2D eigenvalue weighted by atomic mass is 9.60. The molecule has 0 nitrogen and oxygen atoms in total. The molecule has 0 aromatic rings. The second-order valence-corrected chi connectivity index (χ2v) is 6.01. The third kappa shape index (κ3) is 1.49. The quantitative estimate of drug-likeness (QED) is 0.513. The van der Waals surface area contributed by atoms with E-state index in [9.17, 15) is 0 Å². The minimum absolute atomic E-state index is 0.563. The molecule has 0 N–H and O–H groups in total. The normalized spacial score (nSPS) is 48.5. The fourth-order valence-corrected chi connectivity index (χ4v) is 4.31. The SMILES string of the molecule is CC1CC=CC2(CC=CC3CCCC32)C1. The van der Waals surface area contributed by atoms with Crippen LogP contribution in [0.1, 0.15) is 45.4 Å². The summed E-state index contributed by atoms with van der Waals surface area (Å²) in [6, 6.07) is 0. The van der Waals surface area contributed by atoms with E-state index in [2.05, 4.69) is 31.2 Å². The molecule has 0 saturated heterocycles. The molecule has 0 amide bonds. The van der Waals surface area contributed by atoms with Gasteiger partial charge in [0, 0.05) is 0 Å². The first-order valence-electron chi connectivity index (χ1n) is 6.64. The molecule has 4 unspecified atom stereocenters. The van der Waals surface area contributed by atoms with Crippen molar-refractivity contribution in [2.24, 2.45) is 23.2 Å². The van der Waals surface area contributed by atoms with Crippen LogP contribution in [0.15, 0.2) is 24.3 Å². The Morgan fingerprint density at radius 1 is 1.20 bits per heavy atom. The first-order chi connectivity index (χ1) is 7.30. The van der Waals surface area contributed by atoms with Crippen LogP contribution >= 0.6 is 0 Å². The van der Waals surface area contributed by atoms with Gasteiger partial charge in [0.25, 0.3) is 0 Å². The van der Waals surface area contributed by atoms with Crippen LogP contribution < -0.4 is 0 Å². The molecule has 0 aromatic carbocycles. The summed E-state index contributed by atoms with van der Waals surface area (Å²) in [7, 11) is 0. The third-order valence-corrected chi connectivity index (χ3v) is 4.91. The molecule has 3 rings (SSSR count). The van der Waals surface area contributed by atoms with Crippen LogP contribution in [0.5, 0.6) is 0 Å². The Labute approximate surface area is 93.5 Å². The van der Waals surface area contributed by atoms with Gasteiger partial charge in [-0.05, 0) is 55.3 Å². The van der Waals surface area contributed by atoms with Crippen molar-refractivity contribution in [2.75, 3.05) is 0 Å². The predicted octanol–water partition coefficient (Wildman–Crippen LogP) is 4.34. The summed E-state index contributed by atoms with van der Waals surface area (Å²) in [4.78, 5) is 0. The molecule has 15 heavy (non-hydrogen) atoms. The van der Waals surface area contributed by atoms with Gasteiger partial charge in [0.1, 0.15) is 0 Å². The lowest BCUT2D eigenvalue weighted by Crippen LogP contribution is -2.36. The van der Waals surface area contributed by atoms with Crippen LogP contribution in [0.4, 0.5) is 0 Å². The fourth-order valence-electron chi connectivity index (χ4n) is 4.31. The van der Waals surface area contributed by atoms with E-state index in [0.29, 0.717) is 5.41 Å². The molecule has 3 aliphatic rings. The Kier molecular flexibility index (Phi) is 2.26. The summed E-state index contributed by atoms with van der Waals surface area (Å²) in [5.41, 5.74) is 0.563. The Hall–Kier alpha value is -0.520. The van der Waals surface area contributed by atoms with Crippen LogP contribution in [0.25, 0.3) is 0 Å². The second-order valence-electron chi connectivity index (χ2n) is 6.01. The van der Waals surface area contributed by atoms with Gasteiger partial charge in [0.2, 0.25) is 0 Å². The number of rotatable bonds is 0. The smallest absolute Gasteiger partial charge is 0.00473 e. The Morgan fingerprint density at radius 2 is 2.13 bits per heavy atom. The Morgan fingerprint density at radius 3 is 3.00 bits per heavy atom. The molecule has 0 heteroatoms. The Balaban J connectivity index is 1.93. The highest BCUT2D eigenvalue weighted by Gasteiger charge is 2.45. The zero-order chi connectivity index (χ0) is 10.3. The van der Waals surface area contributed by atoms with E-state index < -0.39 is 0 Å². The summed E-state index contributed by atoms with van der Waals surface area (Å²) in [6.07, 6.45) is 18.5.